The molecule has 1 heterocycles. The molecule has 2 atom stereocenters. The third-order valence-corrected chi connectivity index (χ3v) is 5.23. The minimum Gasteiger partial charge on any atom is -0.379 e. The van der Waals surface area contributed by atoms with Gasteiger partial charge in [-0.05, 0) is 38.3 Å². The van der Waals surface area contributed by atoms with E-state index in [-0.39, 0.29) is 0 Å². The minimum atomic E-state index is 0.357. The van der Waals surface area contributed by atoms with E-state index in [4.69, 9.17) is 4.74 Å². The van der Waals surface area contributed by atoms with E-state index in [0.29, 0.717) is 17.6 Å². The Balaban J connectivity index is 1.77. The molecule has 1 aromatic rings. The Labute approximate surface area is 127 Å². The number of nitrogens with one attached hydrogen (secondary N) is 1. The van der Waals surface area contributed by atoms with Gasteiger partial charge in [0, 0.05) is 38.4 Å². The van der Waals surface area contributed by atoms with Crippen molar-refractivity contribution in [3.05, 3.63) is 18.3 Å². The van der Waals surface area contributed by atoms with Crippen molar-refractivity contribution < 1.29 is 4.74 Å². The van der Waals surface area contributed by atoms with Crippen LogP contribution in [0.25, 0.3) is 0 Å². The van der Waals surface area contributed by atoms with Gasteiger partial charge in [0.1, 0.15) is 0 Å². The van der Waals surface area contributed by atoms with Gasteiger partial charge < -0.3 is 15.0 Å². The van der Waals surface area contributed by atoms with Crippen molar-refractivity contribution >= 4 is 11.5 Å². The fourth-order valence-electron chi connectivity index (χ4n) is 4.14. The zero-order valence-corrected chi connectivity index (χ0v) is 13.4. The first-order chi connectivity index (χ1) is 10.2. The van der Waals surface area contributed by atoms with E-state index in [1.807, 2.05) is 26.4 Å². The summed E-state index contributed by atoms with van der Waals surface area (Å²) in [7, 11) is 4.09. The van der Waals surface area contributed by atoms with Crippen molar-refractivity contribution in [2.75, 3.05) is 30.9 Å². The van der Waals surface area contributed by atoms with Crippen LogP contribution in [0.4, 0.5) is 11.5 Å². The highest BCUT2D eigenvalue weighted by Gasteiger charge is 2.56. The number of rotatable bonds is 5. The molecular formula is C17H27N3O. The predicted molar refractivity (Wildman–Crippen MR) is 86.9 cm³/mol. The van der Waals surface area contributed by atoms with Gasteiger partial charge in [-0.1, -0.05) is 12.8 Å². The molecule has 0 aliphatic heterocycles. The van der Waals surface area contributed by atoms with E-state index in [9.17, 15) is 0 Å². The van der Waals surface area contributed by atoms with Crippen LogP contribution in [0.15, 0.2) is 18.3 Å². The highest BCUT2D eigenvalue weighted by atomic mass is 16.5. The van der Waals surface area contributed by atoms with Gasteiger partial charge in [0.05, 0.1) is 11.8 Å². The lowest BCUT2D eigenvalue weighted by molar-refractivity contribution is -0.114. The first kappa shape index (κ1) is 14.6. The number of aromatic nitrogens is 1. The molecule has 0 amide bonds. The average molecular weight is 289 g/mol. The molecule has 2 aliphatic rings. The minimum absolute atomic E-state index is 0.357. The summed E-state index contributed by atoms with van der Waals surface area (Å²) >= 11 is 0. The lowest BCUT2D eigenvalue weighted by Crippen LogP contribution is -2.60. The van der Waals surface area contributed by atoms with Gasteiger partial charge in [-0.2, -0.15) is 0 Å². The zero-order valence-electron chi connectivity index (χ0n) is 13.4. The summed E-state index contributed by atoms with van der Waals surface area (Å²) in [6.07, 6.45) is 8.71. The Morgan fingerprint density at radius 3 is 2.81 bits per heavy atom. The van der Waals surface area contributed by atoms with Crippen LogP contribution in [-0.2, 0) is 4.74 Å². The molecule has 116 valence electrons. The smallest absolute Gasteiger partial charge is 0.151 e. The normalized spacial score (nSPS) is 26.6. The molecule has 0 radical (unpaired) electrons. The molecule has 2 saturated carbocycles. The van der Waals surface area contributed by atoms with Crippen molar-refractivity contribution in [3.63, 3.8) is 0 Å². The molecule has 0 saturated heterocycles. The summed E-state index contributed by atoms with van der Waals surface area (Å²) in [6, 6.07) is 4.67. The maximum atomic E-state index is 6.00. The zero-order chi connectivity index (χ0) is 14.9. The van der Waals surface area contributed by atoms with Crippen LogP contribution in [0.3, 0.4) is 0 Å². The summed E-state index contributed by atoms with van der Waals surface area (Å²) in [6.45, 7) is 2.93. The van der Waals surface area contributed by atoms with Crippen LogP contribution in [0.2, 0.25) is 0 Å². The predicted octanol–water partition coefficient (Wildman–Crippen LogP) is 3.30. The summed E-state index contributed by atoms with van der Waals surface area (Å²) in [5.41, 5.74) is 1.50. The maximum Gasteiger partial charge on any atom is 0.151 e. The van der Waals surface area contributed by atoms with Crippen LogP contribution in [0.5, 0.6) is 0 Å². The van der Waals surface area contributed by atoms with Crippen molar-refractivity contribution in [2.45, 2.75) is 51.2 Å². The number of pyridine rings is 1. The second kappa shape index (κ2) is 5.84. The molecule has 2 unspecified atom stereocenters. The SMILES string of the molecule is CCOC1CC(Nc2cccnc2N(C)C)C12CCCC2. The van der Waals surface area contributed by atoms with Gasteiger partial charge in [-0.3, -0.25) is 0 Å². The highest BCUT2D eigenvalue weighted by molar-refractivity contribution is 5.65. The first-order valence-electron chi connectivity index (χ1n) is 8.18. The van der Waals surface area contributed by atoms with Gasteiger partial charge in [0.25, 0.3) is 0 Å². The van der Waals surface area contributed by atoms with E-state index in [1.54, 1.807) is 0 Å². The third-order valence-electron chi connectivity index (χ3n) is 5.23. The number of hydrogen-bond donors (Lipinski definition) is 1. The standard InChI is InChI=1S/C17H27N3O/c1-4-21-15-12-14(17(15)9-5-6-10-17)19-13-8-7-11-18-16(13)20(2)3/h7-8,11,14-15,19H,4-6,9-10,12H2,1-3H3. The monoisotopic (exact) mass is 289 g/mol. The van der Waals surface area contributed by atoms with Crippen LogP contribution in [0.1, 0.15) is 39.0 Å². The number of ether oxygens (including phenoxy) is 1. The van der Waals surface area contributed by atoms with Gasteiger partial charge in [-0.15, -0.1) is 0 Å². The van der Waals surface area contributed by atoms with Crippen molar-refractivity contribution in [3.8, 4) is 0 Å². The molecule has 4 heteroatoms. The Hall–Kier alpha value is -1.29. The summed E-state index contributed by atoms with van der Waals surface area (Å²) in [5, 5.41) is 3.77. The van der Waals surface area contributed by atoms with Crippen LogP contribution in [-0.4, -0.2) is 37.8 Å². The van der Waals surface area contributed by atoms with Crippen LogP contribution < -0.4 is 10.2 Å². The first-order valence-corrected chi connectivity index (χ1v) is 8.18. The summed E-state index contributed by atoms with van der Waals surface area (Å²) in [5.74, 6) is 1.02. The Bertz CT molecular complexity index is 483. The number of anilines is 2. The molecule has 4 nitrogen and oxygen atoms in total. The third kappa shape index (κ3) is 2.50. The summed E-state index contributed by atoms with van der Waals surface area (Å²) < 4.78 is 6.00. The van der Waals surface area contributed by atoms with E-state index in [2.05, 4.69) is 28.2 Å². The molecule has 3 rings (SSSR count). The second-order valence-electron chi connectivity index (χ2n) is 6.59. The van der Waals surface area contributed by atoms with E-state index >= 15 is 0 Å². The molecule has 1 aromatic heterocycles. The molecule has 1 N–H and O–H groups in total. The quantitative estimate of drug-likeness (QED) is 0.902. The largest absolute Gasteiger partial charge is 0.379 e. The highest BCUT2D eigenvalue weighted by Crippen LogP contribution is 2.55. The molecule has 0 bridgehead atoms. The fraction of sp³-hybridized carbons (Fsp3) is 0.706. The lowest BCUT2D eigenvalue weighted by atomic mass is 9.60. The Morgan fingerprint density at radius 2 is 2.14 bits per heavy atom. The molecule has 1 spiro atoms. The molecular weight excluding hydrogens is 262 g/mol. The molecule has 21 heavy (non-hydrogen) atoms. The van der Waals surface area contributed by atoms with Gasteiger partial charge in [-0.25, -0.2) is 4.98 Å². The van der Waals surface area contributed by atoms with Gasteiger partial charge in [0.15, 0.2) is 5.82 Å². The van der Waals surface area contributed by atoms with E-state index in [1.165, 1.54) is 25.7 Å². The van der Waals surface area contributed by atoms with Crippen molar-refractivity contribution in [2.24, 2.45) is 5.41 Å². The van der Waals surface area contributed by atoms with E-state index in [0.717, 1.165) is 24.5 Å². The average Bonchev–Trinajstić information content (AvgIpc) is 2.99. The van der Waals surface area contributed by atoms with Gasteiger partial charge in [0.2, 0.25) is 0 Å². The number of hydrogen-bond acceptors (Lipinski definition) is 4. The fourth-order valence-corrected chi connectivity index (χ4v) is 4.14. The van der Waals surface area contributed by atoms with Gasteiger partial charge >= 0.3 is 0 Å². The molecule has 2 aliphatic carbocycles. The topological polar surface area (TPSA) is 37.4 Å². The molecule has 2 fully saturated rings. The number of nitrogens with zero attached hydrogens (tertiary/aromatic N) is 2. The van der Waals surface area contributed by atoms with Crippen molar-refractivity contribution in [1.82, 2.24) is 4.98 Å². The summed E-state index contributed by atoms with van der Waals surface area (Å²) in [4.78, 5) is 6.56. The van der Waals surface area contributed by atoms with Crippen LogP contribution in [0, 0.1) is 5.41 Å². The van der Waals surface area contributed by atoms with Crippen molar-refractivity contribution in [1.29, 1.82) is 0 Å². The maximum absolute atomic E-state index is 6.00. The second-order valence-corrected chi connectivity index (χ2v) is 6.59. The van der Waals surface area contributed by atoms with Crippen LogP contribution >= 0.6 is 0 Å². The molecule has 0 aromatic carbocycles. The lowest BCUT2D eigenvalue weighted by Gasteiger charge is -2.54. The Morgan fingerprint density at radius 1 is 1.38 bits per heavy atom. The Kier molecular flexibility index (Phi) is 4.07. The van der Waals surface area contributed by atoms with E-state index < -0.39 is 0 Å².